The highest BCUT2D eigenvalue weighted by molar-refractivity contribution is 7.16. The lowest BCUT2D eigenvalue weighted by Crippen LogP contribution is -2.23. The zero-order valence-corrected chi connectivity index (χ0v) is 10.1. The molecular formula is C10H14ClNO2S. The summed E-state index contributed by atoms with van der Waals surface area (Å²) >= 11 is 7.21. The lowest BCUT2D eigenvalue weighted by atomic mass is 10.2. The first-order valence-corrected chi connectivity index (χ1v) is 5.96. The molecule has 0 aliphatic carbocycles. The first kappa shape index (κ1) is 12.5. The van der Waals surface area contributed by atoms with E-state index in [9.17, 15) is 4.79 Å². The Morgan fingerprint density at radius 3 is 2.93 bits per heavy atom. The van der Waals surface area contributed by atoms with Gasteiger partial charge in [0.15, 0.2) is 0 Å². The molecule has 0 bridgehead atoms. The van der Waals surface area contributed by atoms with Crippen molar-refractivity contribution < 1.29 is 9.90 Å². The summed E-state index contributed by atoms with van der Waals surface area (Å²) in [5.74, 6) is -0.0413. The lowest BCUT2D eigenvalue weighted by molar-refractivity contribution is -0.121. The Labute approximate surface area is 98.1 Å². The minimum atomic E-state index is -0.424. The average molecular weight is 248 g/mol. The summed E-state index contributed by atoms with van der Waals surface area (Å²) in [5.41, 5.74) is 0. The molecule has 0 saturated heterocycles. The third-order valence-electron chi connectivity index (χ3n) is 1.88. The zero-order valence-electron chi connectivity index (χ0n) is 8.50. The Balaban J connectivity index is 2.22. The molecule has 0 aliphatic heterocycles. The van der Waals surface area contributed by atoms with Crippen molar-refractivity contribution in [1.82, 2.24) is 5.32 Å². The molecule has 2 N–H and O–H groups in total. The minimum absolute atomic E-state index is 0.0413. The summed E-state index contributed by atoms with van der Waals surface area (Å²) in [5, 5.41) is 11.8. The van der Waals surface area contributed by atoms with E-state index in [1.165, 1.54) is 11.3 Å². The quantitative estimate of drug-likeness (QED) is 0.838. The van der Waals surface area contributed by atoms with Gasteiger partial charge in [-0.05, 0) is 25.5 Å². The number of aliphatic hydroxyl groups excluding tert-OH is 1. The summed E-state index contributed by atoms with van der Waals surface area (Å²) < 4.78 is 0.725. The van der Waals surface area contributed by atoms with E-state index in [-0.39, 0.29) is 5.91 Å². The standard InChI is InChI=1S/C10H14ClNO2S/c1-7(13)2-5-10(14)12-6-8-3-4-9(11)15-8/h3-4,7,13H,2,5-6H2,1H3,(H,12,14). The van der Waals surface area contributed by atoms with Crippen molar-refractivity contribution in [3.63, 3.8) is 0 Å². The second-order valence-corrected chi connectivity index (χ2v) is 5.17. The number of thiophene rings is 1. The second kappa shape index (κ2) is 6.10. The number of hydrogen-bond donors (Lipinski definition) is 2. The second-order valence-electron chi connectivity index (χ2n) is 3.37. The van der Waals surface area contributed by atoms with Crippen LogP contribution in [-0.2, 0) is 11.3 Å². The summed E-state index contributed by atoms with van der Waals surface area (Å²) in [7, 11) is 0. The molecule has 15 heavy (non-hydrogen) atoms. The molecule has 0 aromatic carbocycles. The van der Waals surface area contributed by atoms with Gasteiger partial charge >= 0.3 is 0 Å². The molecule has 1 aromatic heterocycles. The molecule has 1 rings (SSSR count). The van der Waals surface area contributed by atoms with Gasteiger partial charge in [-0.1, -0.05) is 11.6 Å². The number of rotatable bonds is 5. The highest BCUT2D eigenvalue weighted by atomic mass is 35.5. The van der Waals surface area contributed by atoms with Crippen LogP contribution in [0.15, 0.2) is 12.1 Å². The molecule has 0 fully saturated rings. The fourth-order valence-electron chi connectivity index (χ4n) is 1.06. The summed E-state index contributed by atoms with van der Waals surface area (Å²) in [6.07, 6.45) is 0.431. The highest BCUT2D eigenvalue weighted by Crippen LogP contribution is 2.20. The minimum Gasteiger partial charge on any atom is -0.393 e. The van der Waals surface area contributed by atoms with Gasteiger partial charge in [0.2, 0.25) is 5.91 Å². The number of aliphatic hydroxyl groups is 1. The molecule has 0 saturated carbocycles. The van der Waals surface area contributed by atoms with Gasteiger partial charge in [0, 0.05) is 11.3 Å². The van der Waals surface area contributed by atoms with Crippen molar-refractivity contribution in [3.8, 4) is 0 Å². The monoisotopic (exact) mass is 247 g/mol. The van der Waals surface area contributed by atoms with Crippen molar-refractivity contribution in [3.05, 3.63) is 21.3 Å². The third-order valence-corrected chi connectivity index (χ3v) is 3.11. The van der Waals surface area contributed by atoms with E-state index in [2.05, 4.69) is 5.32 Å². The van der Waals surface area contributed by atoms with Crippen LogP contribution >= 0.6 is 22.9 Å². The molecule has 1 amide bonds. The number of hydrogen-bond acceptors (Lipinski definition) is 3. The fourth-order valence-corrected chi connectivity index (χ4v) is 2.09. The van der Waals surface area contributed by atoms with Crippen molar-refractivity contribution in [2.45, 2.75) is 32.4 Å². The van der Waals surface area contributed by atoms with E-state index in [1.54, 1.807) is 6.92 Å². The number of amides is 1. The maximum absolute atomic E-state index is 11.3. The summed E-state index contributed by atoms with van der Waals surface area (Å²) in [4.78, 5) is 12.3. The Kier molecular flexibility index (Phi) is 5.08. The van der Waals surface area contributed by atoms with E-state index < -0.39 is 6.10 Å². The van der Waals surface area contributed by atoms with Crippen LogP contribution in [0.3, 0.4) is 0 Å². The molecule has 0 spiro atoms. The normalized spacial score (nSPS) is 12.5. The van der Waals surface area contributed by atoms with Crippen LogP contribution in [0.4, 0.5) is 0 Å². The van der Waals surface area contributed by atoms with Gasteiger partial charge in [-0.2, -0.15) is 0 Å². The highest BCUT2D eigenvalue weighted by Gasteiger charge is 2.04. The maximum atomic E-state index is 11.3. The summed E-state index contributed by atoms with van der Waals surface area (Å²) in [6.45, 7) is 2.18. The number of nitrogens with one attached hydrogen (secondary N) is 1. The first-order valence-electron chi connectivity index (χ1n) is 4.77. The van der Waals surface area contributed by atoms with Gasteiger partial charge in [-0.25, -0.2) is 0 Å². The molecule has 1 atom stereocenters. The van der Waals surface area contributed by atoms with Crippen LogP contribution in [0.1, 0.15) is 24.6 Å². The Bertz CT molecular complexity index is 325. The van der Waals surface area contributed by atoms with Gasteiger partial charge in [-0.3, -0.25) is 4.79 Å². The SMILES string of the molecule is CC(O)CCC(=O)NCc1ccc(Cl)s1. The number of carbonyl (C=O) groups excluding carboxylic acids is 1. The molecule has 5 heteroatoms. The first-order chi connectivity index (χ1) is 7.08. The smallest absolute Gasteiger partial charge is 0.220 e. The number of halogens is 1. The van der Waals surface area contributed by atoms with Crippen LogP contribution in [-0.4, -0.2) is 17.1 Å². The fraction of sp³-hybridized carbons (Fsp3) is 0.500. The topological polar surface area (TPSA) is 49.3 Å². The van der Waals surface area contributed by atoms with E-state index in [4.69, 9.17) is 16.7 Å². The van der Waals surface area contributed by atoms with E-state index in [0.29, 0.717) is 19.4 Å². The van der Waals surface area contributed by atoms with Crippen molar-refractivity contribution >= 4 is 28.8 Å². The van der Waals surface area contributed by atoms with Gasteiger partial charge in [-0.15, -0.1) is 11.3 Å². The van der Waals surface area contributed by atoms with Crippen LogP contribution in [0.2, 0.25) is 4.34 Å². The van der Waals surface area contributed by atoms with Gasteiger partial charge < -0.3 is 10.4 Å². The van der Waals surface area contributed by atoms with E-state index in [1.807, 2.05) is 12.1 Å². The lowest BCUT2D eigenvalue weighted by Gasteiger charge is -2.04. The Morgan fingerprint density at radius 1 is 1.67 bits per heavy atom. The molecular weight excluding hydrogens is 234 g/mol. The van der Waals surface area contributed by atoms with E-state index >= 15 is 0 Å². The largest absolute Gasteiger partial charge is 0.393 e. The van der Waals surface area contributed by atoms with Crippen LogP contribution in [0.25, 0.3) is 0 Å². The van der Waals surface area contributed by atoms with Crippen LogP contribution < -0.4 is 5.32 Å². The maximum Gasteiger partial charge on any atom is 0.220 e. The molecule has 1 unspecified atom stereocenters. The van der Waals surface area contributed by atoms with E-state index in [0.717, 1.165) is 9.21 Å². The Morgan fingerprint density at radius 2 is 2.40 bits per heavy atom. The van der Waals surface area contributed by atoms with Crippen molar-refractivity contribution in [1.29, 1.82) is 0 Å². The van der Waals surface area contributed by atoms with Gasteiger partial charge in [0.25, 0.3) is 0 Å². The van der Waals surface area contributed by atoms with Gasteiger partial charge in [0.1, 0.15) is 0 Å². The molecule has 0 aliphatic rings. The van der Waals surface area contributed by atoms with Crippen molar-refractivity contribution in [2.75, 3.05) is 0 Å². The predicted molar refractivity (Wildman–Crippen MR) is 62.1 cm³/mol. The third kappa shape index (κ3) is 5.16. The molecule has 1 aromatic rings. The molecule has 84 valence electrons. The van der Waals surface area contributed by atoms with Crippen LogP contribution in [0, 0.1) is 0 Å². The molecule has 0 radical (unpaired) electrons. The van der Waals surface area contributed by atoms with Crippen molar-refractivity contribution in [2.24, 2.45) is 0 Å². The average Bonchev–Trinajstić information content (AvgIpc) is 2.58. The number of carbonyl (C=O) groups is 1. The summed E-state index contributed by atoms with van der Waals surface area (Å²) in [6, 6.07) is 3.70. The Hall–Kier alpha value is -0.580. The predicted octanol–water partition coefficient (Wildman–Crippen LogP) is 2.18. The van der Waals surface area contributed by atoms with Gasteiger partial charge in [0.05, 0.1) is 17.0 Å². The molecule has 3 nitrogen and oxygen atoms in total. The van der Waals surface area contributed by atoms with Crippen LogP contribution in [0.5, 0.6) is 0 Å². The molecule has 1 heterocycles. The zero-order chi connectivity index (χ0) is 11.3.